The first-order valence-corrected chi connectivity index (χ1v) is 11.1. The number of pyridine rings is 1. The van der Waals surface area contributed by atoms with E-state index in [0.29, 0.717) is 23.4 Å². The fraction of sp³-hybridized carbons (Fsp3) is 0.308. The highest BCUT2D eigenvalue weighted by atomic mass is 19.1. The van der Waals surface area contributed by atoms with E-state index in [9.17, 15) is 9.18 Å². The van der Waals surface area contributed by atoms with Crippen LogP contribution >= 0.6 is 0 Å². The molecule has 1 unspecified atom stereocenters. The van der Waals surface area contributed by atoms with Gasteiger partial charge in [-0.05, 0) is 60.7 Å². The highest BCUT2D eigenvalue weighted by Crippen LogP contribution is 2.34. The summed E-state index contributed by atoms with van der Waals surface area (Å²) >= 11 is 0. The normalized spacial score (nSPS) is 15.8. The lowest BCUT2D eigenvalue weighted by molar-refractivity contribution is 0.225. The lowest BCUT2D eigenvalue weighted by atomic mass is 9.80. The summed E-state index contributed by atoms with van der Waals surface area (Å²) in [5, 5.41) is 6.30. The third-order valence-corrected chi connectivity index (χ3v) is 6.09. The summed E-state index contributed by atoms with van der Waals surface area (Å²) in [6.45, 7) is 1.84. The summed E-state index contributed by atoms with van der Waals surface area (Å²) in [7, 11) is 0. The largest absolute Gasteiger partial charge is 0.397 e. The van der Waals surface area contributed by atoms with Gasteiger partial charge in [-0.2, -0.15) is 0 Å². The first-order chi connectivity index (χ1) is 15.4. The van der Waals surface area contributed by atoms with E-state index >= 15 is 0 Å². The van der Waals surface area contributed by atoms with Crippen molar-refractivity contribution in [2.24, 2.45) is 0 Å². The molecule has 166 valence electrons. The summed E-state index contributed by atoms with van der Waals surface area (Å²) in [5.74, 6) is -0.356. The molecule has 0 radical (unpaired) electrons. The van der Waals surface area contributed by atoms with Crippen LogP contribution in [0.3, 0.4) is 0 Å². The van der Waals surface area contributed by atoms with Crippen LogP contribution in [0, 0.1) is 12.7 Å². The van der Waals surface area contributed by atoms with Crippen LogP contribution in [0.5, 0.6) is 0 Å². The second kappa shape index (κ2) is 9.39. The zero-order valence-electron chi connectivity index (χ0n) is 18.3. The quantitative estimate of drug-likeness (QED) is 0.521. The van der Waals surface area contributed by atoms with Gasteiger partial charge in [-0.1, -0.05) is 49.2 Å². The molecule has 3 aromatic rings. The molecule has 1 atom stereocenters. The zero-order chi connectivity index (χ0) is 22.6. The number of nitrogen functional groups attached to an aromatic ring is 1. The molecular formula is C26H29FN4O. The van der Waals surface area contributed by atoms with Crippen LogP contribution in [0.4, 0.5) is 14.9 Å². The molecule has 0 aliphatic heterocycles. The summed E-state index contributed by atoms with van der Waals surface area (Å²) in [5.41, 5.74) is 8.34. The molecule has 6 heteroatoms. The van der Waals surface area contributed by atoms with Crippen molar-refractivity contribution in [1.29, 1.82) is 0 Å². The highest BCUT2D eigenvalue weighted by Gasteiger charge is 2.39. The maximum atomic E-state index is 14.6. The van der Waals surface area contributed by atoms with Crippen LogP contribution in [-0.2, 0) is 12.0 Å². The smallest absolute Gasteiger partial charge is 0.316 e. The Morgan fingerprint density at radius 3 is 2.53 bits per heavy atom. The van der Waals surface area contributed by atoms with E-state index in [1.54, 1.807) is 18.3 Å². The molecule has 0 bridgehead atoms. The summed E-state index contributed by atoms with van der Waals surface area (Å²) in [6.07, 6.45) is 6.14. The minimum atomic E-state index is -1.08. The monoisotopic (exact) mass is 432 g/mol. The molecule has 0 spiro atoms. The molecule has 1 aromatic heterocycles. The van der Waals surface area contributed by atoms with E-state index in [4.69, 9.17) is 5.73 Å². The molecule has 1 saturated carbocycles. The van der Waals surface area contributed by atoms with Crippen LogP contribution in [0.25, 0.3) is 0 Å². The number of aromatic nitrogens is 1. The summed E-state index contributed by atoms with van der Waals surface area (Å²) in [6, 6.07) is 18.1. The van der Waals surface area contributed by atoms with Crippen molar-refractivity contribution < 1.29 is 9.18 Å². The van der Waals surface area contributed by atoms with Crippen LogP contribution in [0.2, 0.25) is 0 Å². The SMILES string of the molecule is Cc1cc(F)cc(C(Cc2ccccc2)(NC(=O)NC2CCCC2)c2ccc(N)cn2)c1. The van der Waals surface area contributed by atoms with E-state index in [1.807, 2.05) is 43.3 Å². The maximum absolute atomic E-state index is 14.6. The Morgan fingerprint density at radius 1 is 1.12 bits per heavy atom. The molecule has 1 aliphatic carbocycles. The molecular weight excluding hydrogens is 403 g/mol. The fourth-order valence-corrected chi connectivity index (χ4v) is 4.55. The van der Waals surface area contributed by atoms with Crippen molar-refractivity contribution >= 4 is 11.7 Å². The van der Waals surface area contributed by atoms with Gasteiger partial charge in [-0.25, -0.2) is 9.18 Å². The van der Waals surface area contributed by atoms with Gasteiger partial charge < -0.3 is 16.4 Å². The number of hydrogen-bond acceptors (Lipinski definition) is 3. The number of anilines is 1. The Morgan fingerprint density at radius 2 is 1.88 bits per heavy atom. The Bertz CT molecular complexity index is 1040. The lowest BCUT2D eigenvalue weighted by Crippen LogP contribution is -2.54. The average molecular weight is 433 g/mol. The second-order valence-electron chi connectivity index (χ2n) is 8.64. The molecule has 2 aromatic carbocycles. The van der Waals surface area contributed by atoms with Gasteiger partial charge in [-0.3, -0.25) is 4.98 Å². The third-order valence-electron chi connectivity index (χ3n) is 6.09. The minimum absolute atomic E-state index is 0.151. The summed E-state index contributed by atoms with van der Waals surface area (Å²) < 4.78 is 14.6. The average Bonchev–Trinajstić information content (AvgIpc) is 3.26. The number of benzene rings is 2. The van der Waals surface area contributed by atoms with Crippen molar-refractivity contribution in [1.82, 2.24) is 15.6 Å². The van der Waals surface area contributed by atoms with E-state index in [0.717, 1.165) is 36.8 Å². The molecule has 4 rings (SSSR count). The van der Waals surface area contributed by atoms with Crippen molar-refractivity contribution in [3.05, 3.63) is 95.1 Å². The van der Waals surface area contributed by atoms with Crippen molar-refractivity contribution in [2.75, 3.05) is 5.73 Å². The van der Waals surface area contributed by atoms with E-state index in [1.165, 1.54) is 12.1 Å². The Balaban J connectivity index is 1.83. The van der Waals surface area contributed by atoms with Crippen molar-refractivity contribution in [3.63, 3.8) is 0 Å². The molecule has 1 aliphatic rings. The molecule has 1 fully saturated rings. The Kier molecular flexibility index (Phi) is 6.40. The number of nitrogens with one attached hydrogen (secondary N) is 2. The number of aryl methyl sites for hydroxylation is 1. The molecule has 1 heterocycles. The lowest BCUT2D eigenvalue weighted by Gasteiger charge is -2.36. The molecule has 2 amide bonds. The Labute approximate surface area is 188 Å². The van der Waals surface area contributed by atoms with Gasteiger partial charge in [0.15, 0.2) is 0 Å². The van der Waals surface area contributed by atoms with Gasteiger partial charge in [0.05, 0.1) is 17.6 Å². The molecule has 4 N–H and O–H groups in total. The number of halogens is 1. The van der Waals surface area contributed by atoms with Crippen LogP contribution in [0.1, 0.15) is 48.1 Å². The van der Waals surface area contributed by atoms with E-state index in [-0.39, 0.29) is 17.9 Å². The van der Waals surface area contributed by atoms with Gasteiger partial charge in [0, 0.05) is 12.5 Å². The van der Waals surface area contributed by atoms with E-state index < -0.39 is 5.54 Å². The fourth-order valence-electron chi connectivity index (χ4n) is 4.55. The van der Waals surface area contributed by atoms with Crippen LogP contribution < -0.4 is 16.4 Å². The van der Waals surface area contributed by atoms with Gasteiger partial charge in [-0.15, -0.1) is 0 Å². The van der Waals surface area contributed by atoms with Gasteiger partial charge in [0.1, 0.15) is 11.4 Å². The number of urea groups is 1. The predicted molar refractivity (Wildman–Crippen MR) is 125 cm³/mol. The zero-order valence-corrected chi connectivity index (χ0v) is 18.3. The Hall–Kier alpha value is -3.41. The predicted octanol–water partition coefficient (Wildman–Crippen LogP) is 4.84. The number of carbonyl (C=O) groups is 1. The third kappa shape index (κ3) is 4.90. The van der Waals surface area contributed by atoms with Gasteiger partial charge in [0.2, 0.25) is 0 Å². The molecule has 32 heavy (non-hydrogen) atoms. The number of nitrogens with zero attached hydrogens (tertiary/aromatic N) is 1. The number of amides is 2. The minimum Gasteiger partial charge on any atom is -0.397 e. The van der Waals surface area contributed by atoms with Crippen molar-refractivity contribution in [2.45, 2.75) is 50.6 Å². The molecule has 0 saturated heterocycles. The number of nitrogens with two attached hydrogens (primary N) is 1. The standard InChI is InChI=1S/C26H29FN4O/c1-18-13-20(15-21(27)14-18)26(16-19-7-3-2-4-8-19,24-12-11-22(28)17-29-24)31-25(32)30-23-9-5-6-10-23/h2-4,7-8,11-15,17,23H,5-6,9-10,16,28H2,1H3,(H2,30,31,32). The van der Waals surface area contributed by atoms with Crippen molar-refractivity contribution in [3.8, 4) is 0 Å². The topological polar surface area (TPSA) is 80.0 Å². The summed E-state index contributed by atoms with van der Waals surface area (Å²) in [4.78, 5) is 17.8. The first-order valence-electron chi connectivity index (χ1n) is 11.1. The first kappa shape index (κ1) is 21.8. The second-order valence-corrected chi connectivity index (χ2v) is 8.64. The van der Waals surface area contributed by atoms with Gasteiger partial charge in [0.25, 0.3) is 0 Å². The highest BCUT2D eigenvalue weighted by molar-refractivity contribution is 5.76. The molecule has 5 nitrogen and oxygen atoms in total. The number of hydrogen-bond donors (Lipinski definition) is 3. The number of rotatable bonds is 6. The van der Waals surface area contributed by atoms with Crippen LogP contribution in [0.15, 0.2) is 66.9 Å². The van der Waals surface area contributed by atoms with Gasteiger partial charge >= 0.3 is 6.03 Å². The van der Waals surface area contributed by atoms with Crippen LogP contribution in [-0.4, -0.2) is 17.1 Å². The maximum Gasteiger partial charge on any atom is 0.316 e. The number of carbonyl (C=O) groups excluding carboxylic acids is 1. The van der Waals surface area contributed by atoms with E-state index in [2.05, 4.69) is 15.6 Å².